The first-order chi connectivity index (χ1) is 16.1. The van der Waals surface area contributed by atoms with Crippen LogP contribution in [0, 0.1) is 5.82 Å². The van der Waals surface area contributed by atoms with Gasteiger partial charge >= 0.3 is 0 Å². The molecular weight excluding hydrogens is 453 g/mol. The van der Waals surface area contributed by atoms with Crippen LogP contribution in [0.4, 0.5) is 10.3 Å². The van der Waals surface area contributed by atoms with E-state index in [1.54, 1.807) is 41.2 Å². The quantitative estimate of drug-likeness (QED) is 0.387. The normalized spacial score (nSPS) is 11.5. The van der Waals surface area contributed by atoms with E-state index < -0.39 is 0 Å². The highest BCUT2D eigenvalue weighted by Crippen LogP contribution is 2.29. The summed E-state index contributed by atoms with van der Waals surface area (Å²) >= 11 is 0. The average molecular weight is 480 g/mol. The number of halogens is 2. The van der Waals surface area contributed by atoms with Crippen molar-refractivity contribution in [3.05, 3.63) is 101 Å². The van der Waals surface area contributed by atoms with Gasteiger partial charge in [0, 0.05) is 37.1 Å². The Morgan fingerprint density at radius 2 is 1.68 bits per heavy atom. The Morgan fingerprint density at radius 1 is 1.00 bits per heavy atom. The molecule has 0 bridgehead atoms. The van der Waals surface area contributed by atoms with Gasteiger partial charge in [-0.15, -0.1) is 12.4 Å². The van der Waals surface area contributed by atoms with Crippen molar-refractivity contribution in [1.29, 1.82) is 0 Å². The number of anilines is 1. The van der Waals surface area contributed by atoms with Crippen LogP contribution in [0.5, 0.6) is 0 Å². The standard InChI is InChI=1S/C26H26FN5O.ClH/c1-2-32-25(33)23(19-8-10-21(27)11-9-19)24(20-12-14-29-15-13-20)31-26(32)30-17-22(28)16-18-6-4-3-5-7-18;/h3-15,22H,2,16-17,28H2,1H3,(H,30,31);1H. The molecule has 0 amide bonds. The Hall–Kier alpha value is -3.55. The fraction of sp³-hybridized carbons (Fsp3) is 0.192. The molecule has 0 saturated carbocycles. The number of hydrogen-bond acceptors (Lipinski definition) is 5. The van der Waals surface area contributed by atoms with Crippen molar-refractivity contribution in [2.24, 2.45) is 5.73 Å². The molecule has 2 aromatic carbocycles. The smallest absolute Gasteiger partial charge is 0.263 e. The summed E-state index contributed by atoms with van der Waals surface area (Å²) in [5.41, 5.74) is 9.58. The number of rotatable bonds is 8. The second-order valence-corrected chi connectivity index (χ2v) is 7.78. The number of nitrogens with two attached hydrogens (primary N) is 1. The maximum atomic E-state index is 13.6. The molecule has 3 N–H and O–H groups in total. The van der Waals surface area contributed by atoms with Crippen molar-refractivity contribution < 1.29 is 4.39 Å². The highest BCUT2D eigenvalue weighted by Gasteiger charge is 2.19. The molecule has 176 valence electrons. The molecule has 0 aliphatic heterocycles. The third-order valence-corrected chi connectivity index (χ3v) is 5.44. The number of pyridine rings is 1. The first-order valence-corrected chi connectivity index (χ1v) is 10.9. The van der Waals surface area contributed by atoms with E-state index in [-0.39, 0.29) is 29.8 Å². The molecule has 0 radical (unpaired) electrons. The summed E-state index contributed by atoms with van der Waals surface area (Å²) in [5, 5.41) is 3.27. The van der Waals surface area contributed by atoms with Crippen LogP contribution < -0.4 is 16.6 Å². The van der Waals surface area contributed by atoms with Gasteiger partial charge in [-0.25, -0.2) is 9.37 Å². The van der Waals surface area contributed by atoms with E-state index in [9.17, 15) is 9.18 Å². The summed E-state index contributed by atoms with van der Waals surface area (Å²) < 4.78 is 15.1. The zero-order valence-corrected chi connectivity index (χ0v) is 19.6. The summed E-state index contributed by atoms with van der Waals surface area (Å²) in [4.78, 5) is 22.5. The van der Waals surface area contributed by atoms with Gasteiger partial charge in [0.25, 0.3) is 5.56 Å². The van der Waals surface area contributed by atoms with E-state index in [1.165, 1.54) is 12.1 Å². The lowest BCUT2D eigenvalue weighted by Crippen LogP contribution is -2.34. The monoisotopic (exact) mass is 479 g/mol. The molecule has 0 saturated heterocycles. The molecule has 34 heavy (non-hydrogen) atoms. The molecule has 6 nitrogen and oxygen atoms in total. The third-order valence-electron chi connectivity index (χ3n) is 5.44. The summed E-state index contributed by atoms with van der Waals surface area (Å²) in [7, 11) is 0. The lowest BCUT2D eigenvalue weighted by molar-refractivity contribution is 0.628. The topological polar surface area (TPSA) is 85.8 Å². The highest BCUT2D eigenvalue weighted by molar-refractivity contribution is 5.85. The lowest BCUT2D eigenvalue weighted by atomic mass is 10.0. The predicted octanol–water partition coefficient (Wildman–Crippen LogP) is 4.54. The largest absolute Gasteiger partial charge is 0.354 e. The van der Waals surface area contributed by atoms with Crippen LogP contribution in [0.15, 0.2) is 83.9 Å². The zero-order valence-electron chi connectivity index (χ0n) is 18.8. The summed E-state index contributed by atoms with van der Waals surface area (Å²) in [6, 6.07) is 19.4. The van der Waals surface area contributed by atoms with E-state index in [1.807, 2.05) is 37.3 Å². The molecule has 1 unspecified atom stereocenters. The SMILES string of the molecule is CCn1c(NCC(N)Cc2ccccc2)nc(-c2ccncc2)c(-c2ccc(F)cc2)c1=O.Cl. The average Bonchev–Trinajstić information content (AvgIpc) is 2.84. The van der Waals surface area contributed by atoms with E-state index in [2.05, 4.69) is 10.3 Å². The van der Waals surface area contributed by atoms with E-state index in [4.69, 9.17) is 10.7 Å². The number of nitrogens with zero attached hydrogens (tertiary/aromatic N) is 3. The van der Waals surface area contributed by atoms with E-state index in [0.29, 0.717) is 42.3 Å². The summed E-state index contributed by atoms with van der Waals surface area (Å²) in [6.07, 6.45) is 4.01. The predicted molar refractivity (Wildman–Crippen MR) is 137 cm³/mol. The lowest BCUT2D eigenvalue weighted by Gasteiger charge is -2.19. The van der Waals surface area contributed by atoms with Crippen molar-refractivity contribution in [2.45, 2.75) is 25.9 Å². The summed E-state index contributed by atoms with van der Waals surface area (Å²) in [5.74, 6) is 0.0855. The Morgan fingerprint density at radius 3 is 2.32 bits per heavy atom. The van der Waals surface area contributed by atoms with Gasteiger partial charge in [0.1, 0.15) is 5.82 Å². The van der Waals surface area contributed by atoms with E-state index >= 15 is 0 Å². The third kappa shape index (κ3) is 5.68. The Kier molecular flexibility index (Phi) is 8.51. The molecule has 4 rings (SSSR count). The maximum Gasteiger partial charge on any atom is 0.263 e. The molecule has 0 spiro atoms. The maximum absolute atomic E-state index is 13.6. The molecule has 8 heteroatoms. The molecule has 0 aliphatic carbocycles. The fourth-order valence-corrected chi connectivity index (χ4v) is 3.79. The first-order valence-electron chi connectivity index (χ1n) is 10.9. The zero-order chi connectivity index (χ0) is 23.2. The van der Waals surface area contributed by atoms with Gasteiger partial charge in [-0.05, 0) is 48.7 Å². The number of aromatic nitrogens is 3. The molecular formula is C26H27ClFN5O. The van der Waals surface area contributed by atoms with Crippen LogP contribution in [0.3, 0.4) is 0 Å². The number of nitrogens with one attached hydrogen (secondary N) is 1. The van der Waals surface area contributed by atoms with Crippen molar-refractivity contribution in [3.8, 4) is 22.4 Å². The van der Waals surface area contributed by atoms with Gasteiger partial charge in [0.05, 0.1) is 11.3 Å². The van der Waals surface area contributed by atoms with Crippen LogP contribution in [0.2, 0.25) is 0 Å². The van der Waals surface area contributed by atoms with Crippen molar-refractivity contribution >= 4 is 18.4 Å². The Bertz CT molecular complexity index is 1260. The van der Waals surface area contributed by atoms with Crippen LogP contribution in [-0.4, -0.2) is 27.1 Å². The minimum atomic E-state index is -0.362. The van der Waals surface area contributed by atoms with Gasteiger partial charge < -0.3 is 11.1 Å². The first kappa shape index (κ1) is 25.1. The van der Waals surface area contributed by atoms with Crippen molar-refractivity contribution in [3.63, 3.8) is 0 Å². The van der Waals surface area contributed by atoms with Crippen LogP contribution in [-0.2, 0) is 13.0 Å². The van der Waals surface area contributed by atoms with Crippen LogP contribution >= 0.6 is 12.4 Å². The van der Waals surface area contributed by atoms with Crippen LogP contribution in [0.25, 0.3) is 22.4 Å². The molecule has 2 heterocycles. The molecule has 0 fully saturated rings. The van der Waals surface area contributed by atoms with Gasteiger partial charge in [-0.2, -0.15) is 0 Å². The second-order valence-electron chi connectivity index (χ2n) is 7.78. The highest BCUT2D eigenvalue weighted by atomic mass is 35.5. The molecule has 1 atom stereocenters. The van der Waals surface area contributed by atoms with Gasteiger partial charge in [-0.1, -0.05) is 42.5 Å². The van der Waals surface area contributed by atoms with Crippen molar-refractivity contribution in [1.82, 2.24) is 14.5 Å². The molecule has 4 aromatic rings. The second kappa shape index (κ2) is 11.5. The van der Waals surface area contributed by atoms with Gasteiger partial charge in [0.15, 0.2) is 0 Å². The minimum absolute atomic E-state index is 0. The van der Waals surface area contributed by atoms with Crippen LogP contribution in [0.1, 0.15) is 12.5 Å². The van der Waals surface area contributed by atoms with Crippen molar-refractivity contribution in [2.75, 3.05) is 11.9 Å². The van der Waals surface area contributed by atoms with Gasteiger partial charge in [0.2, 0.25) is 5.95 Å². The molecule has 0 aliphatic rings. The number of hydrogen-bond donors (Lipinski definition) is 2. The number of benzene rings is 2. The minimum Gasteiger partial charge on any atom is -0.354 e. The van der Waals surface area contributed by atoms with Gasteiger partial charge in [-0.3, -0.25) is 14.3 Å². The summed E-state index contributed by atoms with van der Waals surface area (Å²) in [6.45, 7) is 2.76. The van der Waals surface area contributed by atoms with E-state index in [0.717, 1.165) is 11.1 Å². The fourth-order valence-electron chi connectivity index (χ4n) is 3.79. The Balaban J connectivity index is 0.00000324. The Labute approximate surface area is 204 Å². The molecule has 2 aromatic heterocycles.